The quantitative estimate of drug-likeness (QED) is 0.775. The van der Waals surface area contributed by atoms with Gasteiger partial charge < -0.3 is 10.2 Å². The van der Waals surface area contributed by atoms with Crippen molar-refractivity contribution in [1.82, 2.24) is 5.32 Å². The van der Waals surface area contributed by atoms with Crippen molar-refractivity contribution in [2.45, 2.75) is 51.1 Å². The van der Waals surface area contributed by atoms with Crippen LogP contribution in [-0.2, 0) is 0 Å². The lowest BCUT2D eigenvalue weighted by Gasteiger charge is -2.44. The molecule has 0 bridgehead atoms. The lowest BCUT2D eigenvalue weighted by Crippen LogP contribution is -2.58. The monoisotopic (exact) mass is 384 g/mol. The maximum atomic E-state index is 3.81. The Labute approximate surface area is 136 Å². The molecule has 2 nitrogen and oxygen atoms in total. The van der Waals surface area contributed by atoms with Crippen LogP contribution in [0.1, 0.15) is 39.0 Å². The second-order valence-electron chi connectivity index (χ2n) is 6.39. The summed E-state index contributed by atoms with van der Waals surface area (Å²) in [7, 11) is 0. The highest BCUT2D eigenvalue weighted by Gasteiger charge is 2.31. The van der Waals surface area contributed by atoms with Gasteiger partial charge in [0, 0.05) is 34.4 Å². The average molecular weight is 384 g/mol. The lowest BCUT2D eigenvalue weighted by atomic mass is 9.82. The Bertz CT molecular complexity index is 442. The number of anilines is 1. The number of rotatable bonds is 2. The number of hydrogen-bond acceptors (Lipinski definition) is 2. The molecular weight excluding hydrogens is 359 g/mol. The van der Waals surface area contributed by atoms with Crippen LogP contribution < -0.4 is 10.2 Å². The van der Waals surface area contributed by atoms with Gasteiger partial charge in [0.05, 0.1) is 0 Å². The lowest BCUT2D eigenvalue weighted by molar-refractivity contribution is 0.245. The first-order valence-electron chi connectivity index (χ1n) is 7.99. The van der Waals surface area contributed by atoms with Crippen molar-refractivity contribution in [2.75, 3.05) is 18.0 Å². The number of nitrogens with one attached hydrogen (secondary N) is 1. The minimum absolute atomic E-state index is 0.591. The predicted molar refractivity (Wildman–Crippen MR) is 94.3 cm³/mol. The fraction of sp³-hybridized carbons (Fsp3) is 0.647. The molecule has 2 atom stereocenters. The third kappa shape index (κ3) is 3.30. The van der Waals surface area contributed by atoms with E-state index in [2.05, 4.69) is 64.0 Å². The SMILES string of the molecule is CC1CNC(C2CCCCC2)CN1c1cccc(I)c1. The molecular formula is C17H25IN2. The van der Waals surface area contributed by atoms with E-state index < -0.39 is 0 Å². The zero-order valence-electron chi connectivity index (χ0n) is 12.3. The van der Waals surface area contributed by atoms with Crippen LogP contribution in [0.4, 0.5) is 5.69 Å². The summed E-state index contributed by atoms with van der Waals surface area (Å²) in [5, 5.41) is 3.81. The first kappa shape index (κ1) is 14.6. The van der Waals surface area contributed by atoms with Crippen molar-refractivity contribution in [3.8, 4) is 0 Å². The maximum Gasteiger partial charge on any atom is 0.0387 e. The molecule has 1 saturated heterocycles. The Kier molecular flexibility index (Phi) is 4.87. The Morgan fingerprint density at radius 2 is 2.00 bits per heavy atom. The summed E-state index contributed by atoms with van der Waals surface area (Å²) < 4.78 is 1.33. The minimum atomic E-state index is 0.591. The third-order valence-corrected chi connectivity index (χ3v) is 5.63. The zero-order chi connectivity index (χ0) is 13.9. The molecule has 1 aromatic carbocycles. The number of piperazine rings is 1. The smallest absolute Gasteiger partial charge is 0.0387 e. The molecule has 1 aliphatic carbocycles. The first-order valence-corrected chi connectivity index (χ1v) is 9.07. The second-order valence-corrected chi connectivity index (χ2v) is 7.64. The molecule has 0 amide bonds. The van der Waals surface area contributed by atoms with Gasteiger partial charge in [0.2, 0.25) is 0 Å². The molecule has 1 aliphatic heterocycles. The van der Waals surface area contributed by atoms with E-state index in [1.165, 1.54) is 47.9 Å². The number of benzene rings is 1. The van der Waals surface area contributed by atoms with Crippen molar-refractivity contribution in [1.29, 1.82) is 0 Å². The Hall–Kier alpha value is -0.290. The van der Waals surface area contributed by atoms with E-state index in [0.29, 0.717) is 12.1 Å². The number of halogens is 1. The summed E-state index contributed by atoms with van der Waals surface area (Å²) in [6.07, 6.45) is 7.15. The molecule has 3 rings (SSSR count). The van der Waals surface area contributed by atoms with Gasteiger partial charge in [-0.15, -0.1) is 0 Å². The molecule has 0 spiro atoms. The van der Waals surface area contributed by atoms with Crippen molar-refractivity contribution < 1.29 is 0 Å². The first-order chi connectivity index (χ1) is 9.74. The van der Waals surface area contributed by atoms with Crippen molar-refractivity contribution in [2.24, 2.45) is 5.92 Å². The average Bonchev–Trinajstić information content (AvgIpc) is 2.48. The van der Waals surface area contributed by atoms with Gasteiger partial charge >= 0.3 is 0 Å². The van der Waals surface area contributed by atoms with Crippen LogP contribution in [0, 0.1) is 9.49 Å². The molecule has 1 aromatic rings. The number of nitrogens with zero attached hydrogens (tertiary/aromatic N) is 1. The summed E-state index contributed by atoms with van der Waals surface area (Å²) in [5.41, 5.74) is 1.40. The summed E-state index contributed by atoms with van der Waals surface area (Å²) in [4.78, 5) is 2.61. The van der Waals surface area contributed by atoms with Gasteiger partial charge in [0.15, 0.2) is 0 Å². The molecule has 2 unspecified atom stereocenters. The van der Waals surface area contributed by atoms with E-state index in [-0.39, 0.29) is 0 Å². The van der Waals surface area contributed by atoms with E-state index >= 15 is 0 Å². The summed E-state index contributed by atoms with van der Waals surface area (Å²) in [6.45, 7) is 4.63. The zero-order valence-corrected chi connectivity index (χ0v) is 14.5. The summed E-state index contributed by atoms with van der Waals surface area (Å²) in [6, 6.07) is 10.2. The molecule has 1 heterocycles. The Morgan fingerprint density at radius 3 is 2.75 bits per heavy atom. The largest absolute Gasteiger partial charge is 0.366 e. The Balaban J connectivity index is 1.72. The van der Waals surface area contributed by atoms with Crippen molar-refractivity contribution >= 4 is 28.3 Å². The van der Waals surface area contributed by atoms with Gasteiger partial charge in [-0.3, -0.25) is 0 Å². The number of hydrogen-bond donors (Lipinski definition) is 1. The standard InChI is InChI=1S/C17H25IN2/c1-13-11-19-17(14-6-3-2-4-7-14)12-20(13)16-9-5-8-15(18)10-16/h5,8-10,13-14,17,19H,2-4,6-7,11-12H2,1H3. The van der Waals surface area contributed by atoms with Crippen LogP contribution in [0.25, 0.3) is 0 Å². The highest BCUT2D eigenvalue weighted by Crippen LogP contribution is 2.30. The minimum Gasteiger partial charge on any atom is -0.366 e. The van der Waals surface area contributed by atoms with E-state index in [1.54, 1.807) is 0 Å². The van der Waals surface area contributed by atoms with Crippen LogP contribution in [-0.4, -0.2) is 25.2 Å². The molecule has 2 fully saturated rings. The van der Waals surface area contributed by atoms with Gasteiger partial charge in [-0.1, -0.05) is 25.3 Å². The van der Waals surface area contributed by atoms with Gasteiger partial charge in [-0.05, 0) is 66.5 Å². The molecule has 3 heteroatoms. The molecule has 1 N–H and O–H groups in total. The third-order valence-electron chi connectivity index (χ3n) is 4.96. The van der Waals surface area contributed by atoms with Crippen LogP contribution in [0.5, 0.6) is 0 Å². The predicted octanol–water partition coefficient (Wildman–Crippen LogP) is 4.04. The van der Waals surface area contributed by atoms with Crippen molar-refractivity contribution in [3.05, 3.63) is 27.8 Å². The van der Waals surface area contributed by atoms with E-state index in [0.717, 1.165) is 12.5 Å². The molecule has 20 heavy (non-hydrogen) atoms. The second kappa shape index (κ2) is 6.65. The van der Waals surface area contributed by atoms with E-state index in [1.807, 2.05) is 0 Å². The van der Waals surface area contributed by atoms with Crippen LogP contribution >= 0.6 is 22.6 Å². The summed E-state index contributed by atoms with van der Waals surface area (Å²) in [5.74, 6) is 0.890. The highest BCUT2D eigenvalue weighted by atomic mass is 127. The topological polar surface area (TPSA) is 15.3 Å². The van der Waals surface area contributed by atoms with Gasteiger partial charge in [0.1, 0.15) is 0 Å². The molecule has 0 aromatic heterocycles. The molecule has 2 aliphatic rings. The van der Waals surface area contributed by atoms with E-state index in [4.69, 9.17) is 0 Å². The molecule has 110 valence electrons. The molecule has 0 radical (unpaired) electrons. The maximum absolute atomic E-state index is 3.81. The fourth-order valence-electron chi connectivity index (χ4n) is 3.76. The van der Waals surface area contributed by atoms with E-state index in [9.17, 15) is 0 Å². The fourth-order valence-corrected chi connectivity index (χ4v) is 4.28. The normalized spacial score (nSPS) is 28.6. The highest BCUT2D eigenvalue weighted by molar-refractivity contribution is 14.1. The van der Waals surface area contributed by atoms with Gasteiger partial charge in [-0.25, -0.2) is 0 Å². The van der Waals surface area contributed by atoms with Gasteiger partial charge in [0.25, 0.3) is 0 Å². The van der Waals surface area contributed by atoms with Crippen molar-refractivity contribution in [3.63, 3.8) is 0 Å². The molecule has 1 saturated carbocycles. The summed E-state index contributed by atoms with van der Waals surface area (Å²) >= 11 is 2.41. The van der Waals surface area contributed by atoms with Gasteiger partial charge in [-0.2, -0.15) is 0 Å². The van der Waals surface area contributed by atoms with Crippen LogP contribution in [0.3, 0.4) is 0 Å². The van der Waals surface area contributed by atoms with Crippen LogP contribution in [0.2, 0.25) is 0 Å². The Morgan fingerprint density at radius 1 is 1.20 bits per heavy atom. The van der Waals surface area contributed by atoms with Crippen LogP contribution in [0.15, 0.2) is 24.3 Å².